The highest BCUT2D eigenvalue weighted by molar-refractivity contribution is 6.14. The Kier molecular flexibility index (Phi) is 5.26. The molecule has 0 saturated heterocycles. The number of ether oxygens (including phenoxy) is 1. The van der Waals surface area contributed by atoms with Crippen LogP contribution in [0.15, 0.2) is 82.4 Å². The maximum Gasteiger partial charge on any atom is 0.356 e. The monoisotopic (exact) mass is 384 g/mol. The van der Waals surface area contributed by atoms with Gasteiger partial charge in [0.25, 0.3) is 0 Å². The van der Waals surface area contributed by atoms with Crippen molar-refractivity contribution < 1.29 is 9.53 Å². The lowest BCUT2D eigenvalue weighted by atomic mass is 9.86. The zero-order chi connectivity index (χ0) is 20.4. The number of rotatable bonds is 5. The number of carbonyl (C=O) groups excluding carboxylic acids is 1. The molecular formula is C25H24N2O2. The third-order valence-corrected chi connectivity index (χ3v) is 5.35. The molecule has 29 heavy (non-hydrogen) atoms. The van der Waals surface area contributed by atoms with Crippen molar-refractivity contribution in [3.63, 3.8) is 0 Å². The van der Waals surface area contributed by atoms with Crippen LogP contribution in [-0.2, 0) is 11.2 Å². The summed E-state index contributed by atoms with van der Waals surface area (Å²) in [5.74, 6) is 0.0759. The van der Waals surface area contributed by atoms with E-state index in [9.17, 15) is 4.79 Å². The number of nitrogens with zero attached hydrogens (tertiary/aromatic N) is 2. The van der Waals surface area contributed by atoms with Crippen molar-refractivity contribution in [1.82, 2.24) is 4.98 Å². The van der Waals surface area contributed by atoms with Crippen LogP contribution >= 0.6 is 0 Å². The summed E-state index contributed by atoms with van der Waals surface area (Å²) in [6, 6.07) is 15.7. The van der Waals surface area contributed by atoms with Crippen molar-refractivity contribution in [1.29, 1.82) is 0 Å². The van der Waals surface area contributed by atoms with Crippen molar-refractivity contribution >= 4 is 17.4 Å². The van der Waals surface area contributed by atoms with Crippen LogP contribution in [0.2, 0.25) is 0 Å². The average Bonchev–Trinajstić information content (AvgIpc) is 3.11. The minimum atomic E-state index is -0.422. The number of aliphatic imine (C=N–C) groups is 1. The molecule has 2 heterocycles. The van der Waals surface area contributed by atoms with Gasteiger partial charge in [-0.05, 0) is 23.6 Å². The number of benzene rings is 1. The summed E-state index contributed by atoms with van der Waals surface area (Å²) in [5, 5.41) is 0. The minimum Gasteiger partial charge on any atom is -0.464 e. The summed E-state index contributed by atoms with van der Waals surface area (Å²) in [6.45, 7) is 4.43. The second kappa shape index (κ2) is 8.00. The lowest BCUT2D eigenvalue weighted by molar-refractivity contribution is 0.0593. The van der Waals surface area contributed by atoms with Crippen molar-refractivity contribution in [3.8, 4) is 0 Å². The molecule has 1 aromatic heterocycles. The highest BCUT2D eigenvalue weighted by Gasteiger charge is 2.28. The number of allylic oxidation sites excluding steroid dienone is 5. The Hall–Kier alpha value is -3.27. The number of pyridine rings is 1. The maximum atomic E-state index is 11.9. The van der Waals surface area contributed by atoms with Crippen LogP contribution in [0.1, 0.15) is 42.0 Å². The normalized spacial score (nSPS) is 15.7. The van der Waals surface area contributed by atoms with E-state index in [1.807, 2.05) is 30.3 Å². The SMILES string of the molecule is COC(=O)c1cccc(CC2=C(c3ccccc3)N=C3CC(C(C)C)=CC=C32)n1. The van der Waals surface area contributed by atoms with Gasteiger partial charge in [0, 0.05) is 29.7 Å². The summed E-state index contributed by atoms with van der Waals surface area (Å²) >= 11 is 0. The molecular weight excluding hydrogens is 360 g/mol. The van der Waals surface area contributed by atoms with Gasteiger partial charge < -0.3 is 4.74 Å². The molecule has 0 saturated carbocycles. The van der Waals surface area contributed by atoms with Crippen molar-refractivity contribution in [2.75, 3.05) is 7.11 Å². The van der Waals surface area contributed by atoms with Crippen LogP contribution in [0.4, 0.5) is 0 Å². The summed E-state index contributed by atoms with van der Waals surface area (Å²) in [4.78, 5) is 21.4. The predicted molar refractivity (Wildman–Crippen MR) is 116 cm³/mol. The number of methoxy groups -OCH3 is 1. The van der Waals surface area contributed by atoms with Crippen LogP contribution < -0.4 is 0 Å². The van der Waals surface area contributed by atoms with Gasteiger partial charge in [0.05, 0.1) is 18.5 Å². The molecule has 0 spiro atoms. The highest BCUT2D eigenvalue weighted by atomic mass is 16.5. The van der Waals surface area contributed by atoms with Crippen LogP contribution in [0.25, 0.3) is 5.70 Å². The van der Waals surface area contributed by atoms with Crippen molar-refractivity contribution in [2.24, 2.45) is 10.9 Å². The van der Waals surface area contributed by atoms with E-state index in [2.05, 4.69) is 43.1 Å². The first-order valence-electron chi connectivity index (χ1n) is 9.88. The molecule has 0 N–H and O–H groups in total. The molecule has 146 valence electrons. The molecule has 0 unspecified atom stereocenters. The second-order valence-corrected chi connectivity index (χ2v) is 7.59. The van der Waals surface area contributed by atoms with E-state index in [0.717, 1.165) is 34.7 Å². The third kappa shape index (κ3) is 3.83. The van der Waals surface area contributed by atoms with E-state index in [4.69, 9.17) is 9.73 Å². The lowest BCUT2D eigenvalue weighted by Gasteiger charge is -2.17. The Labute approximate surface area is 171 Å². The maximum absolute atomic E-state index is 11.9. The second-order valence-electron chi connectivity index (χ2n) is 7.59. The topological polar surface area (TPSA) is 51.5 Å². The van der Waals surface area contributed by atoms with Crippen LogP contribution in [0.3, 0.4) is 0 Å². The fourth-order valence-corrected chi connectivity index (χ4v) is 3.73. The Morgan fingerprint density at radius 3 is 2.59 bits per heavy atom. The number of esters is 1. The molecule has 2 aromatic rings. The Morgan fingerprint density at radius 1 is 1.07 bits per heavy atom. The minimum absolute atomic E-state index is 0.325. The van der Waals surface area contributed by atoms with Gasteiger partial charge in [-0.15, -0.1) is 0 Å². The van der Waals surface area contributed by atoms with Gasteiger partial charge in [0.2, 0.25) is 0 Å². The average molecular weight is 384 g/mol. The van der Waals surface area contributed by atoms with E-state index in [1.165, 1.54) is 18.3 Å². The van der Waals surface area contributed by atoms with Gasteiger partial charge in [0.1, 0.15) is 5.69 Å². The first-order chi connectivity index (χ1) is 14.1. The Morgan fingerprint density at radius 2 is 1.86 bits per heavy atom. The standard InChI is InChI=1S/C25H24N2O2/c1-16(2)18-12-13-20-21(15-19-10-7-11-22(26-19)25(28)29-3)24(27-23(20)14-18)17-8-5-4-6-9-17/h4-13,16H,14-15H2,1-3H3. The molecule has 4 rings (SSSR count). The van der Waals surface area contributed by atoms with Crippen LogP contribution in [-0.4, -0.2) is 23.8 Å². The van der Waals surface area contributed by atoms with Crippen molar-refractivity contribution in [3.05, 3.63) is 94.4 Å². The molecule has 4 heteroatoms. The predicted octanol–water partition coefficient (Wildman–Crippen LogP) is 5.19. The van der Waals surface area contributed by atoms with E-state index in [1.54, 1.807) is 6.07 Å². The zero-order valence-electron chi connectivity index (χ0n) is 17.0. The summed E-state index contributed by atoms with van der Waals surface area (Å²) < 4.78 is 4.82. The van der Waals surface area contributed by atoms with Crippen molar-refractivity contribution in [2.45, 2.75) is 26.7 Å². The Bertz CT molecular complexity index is 1070. The molecule has 2 aliphatic rings. The first-order valence-corrected chi connectivity index (χ1v) is 9.88. The molecule has 1 aliphatic carbocycles. The third-order valence-electron chi connectivity index (χ3n) is 5.35. The number of carbonyl (C=O) groups is 1. The molecule has 0 radical (unpaired) electrons. The molecule has 0 amide bonds. The van der Waals surface area contributed by atoms with E-state index < -0.39 is 5.97 Å². The zero-order valence-corrected chi connectivity index (χ0v) is 17.0. The van der Waals surface area contributed by atoms with E-state index in [0.29, 0.717) is 18.0 Å². The molecule has 4 nitrogen and oxygen atoms in total. The fourth-order valence-electron chi connectivity index (χ4n) is 3.73. The van der Waals surface area contributed by atoms with Gasteiger partial charge in [0.15, 0.2) is 0 Å². The van der Waals surface area contributed by atoms with Gasteiger partial charge in [-0.2, -0.15) is 0 Å². The van der Waals surface area contributed by atoms with Gasteiger partial charge >= 0.3 is 5.97 Å². The van der Waals surface area contributed by atoms with Gasteiger partial charge in [-0.25, -0.2) is 9.78 Å². The smallest absolute Gasteiger partial charge is 0.356 e. The molecule has 1 aromatic carbocycles. The summed E-state index contributed by atoms with van der Waals surface area (Å²) in [6.07, 6.45) is 5.90. The number of hydrogen-bond donors (Lipinski definition) is 0. The largest absolute Gasteiger partial charge is 0.464 e. The van der Waals surface area contributed by atoms with Crippen LogP contribution in [0, 0.1) is 5.92 Å². The summed E-state index contributed by atoms with van der Waals surface area (Å²) in [7, 11) is 1.37. The lowest BCUT2D eigenvalue weighted by Crippen LogP contribution is -2.11. The highest BCUT2D eigenvalue weighted by Crippen LogP contribution is 2.38. The van der Waals surface area contributed by atoms with E-state index in [-0.39, 0.29) is 0 Å². The first kappa shape index (κ1) is 19.1. The number of aromatic nitrogens is 1. The molecule has 0 bridgehead atoms. The van der Waals surface area contributed by atoms with Gasteiger partial charge in [-0.1, -0.05) is 68.0 Å². The fraction of sp³-hybridized carbons (Fsp3) is 0.240. The van der Waals surface area contributed by atoms with Gasteiger partial charge in [-0.3, -0.25) is 4.99 Å². The summed E-state index contributed by atoms with van der Waals surface area (Å²) in [5.41, 5.74) is 8.09. The van der Waals surface area contributed by atoms with Crippen LogP contribution in [0.5, 0.6) is 0 Å². The Balaban J connectivity index is 1.76. The molecule has 0 atom stereocenters. The number of hydrogen-bond acceptors (Lipinski definition) is 4. The molecule has 0 fully saturated rings. The molecule has 1 aliphatic heterocycles. The number of fused-ring (bicyclic) bond motifs is 1. The van der Waals surface area contributed by atoms with E-state index >= 15 is 0 Å². The quantitative estimate of drug-likeness (QED) is 0.667.